The highest BCUT2D eigenvalue weighted by Crippen LogP contribution is 2.26. The molecular weight excluding hydrogens is 416 g/mol. The Morgan fingerprint density at radius 3 is 2.58 bits per heavy atom. The monoisotopic (exact) mass is 444 g/mol. The van der Waals surface area contributed by atoms with Gasteiger partial charge in [0, 0.05) is 30.4 Å². The third-order valence-electron chi connectivity index (χ3n) is 6.24. The molecule has 2 atom stereocenters. The fourth-order valence-corrected chi connectivity index (χ4v) is 4.35. The van der Waals surface area contributed by atoms with E-state index in [0.717, 1.165) is 47.2 Å². The molecule has 1 aromatic heterocycles. The van der Waals surface area contributed by atoms with Crippen LogP contribution in [0.2, 0.25) is 0 Å². The molecule has 1 amide bonds. The maximum atomic E-state index is 12.8. The number of benzene rings is 2. The molecule has 170 valence electrons. The highest BCUT2D eigenvalue weighted by atomic mass is 16.5. The third kappa shape index (κ3) is 4.81. The van der Waals surface area contributed by atoms with Gasteiger partial charge in [0.25, 0.3) is 0 Å². The molecule has 2 aliphatic rings. The molecular formula is C25H28N6O2. The molecule has 2 fully saturated rings. The molecule has 0 saturated carbocycles. The van der Waals surface area contributed by atoms with E-state index < -0.39 is 0 Å². The van der Waals surface area contributed by atoms with Crippen LogP contribution >= 0.6 is 0 Å². The molecule has 2 aromatic carbocycles. The highest BCUT2D eigenvalue weighted by molar-refractivity contribution is 5.95. The minimum absolute atomic E-state index is 0.0420. The van der Waals surface area contributed by atoms with Crippen molar-refractivity contribution in [2.45, 2.75) is 31.3 Å². The zero-order valence-electron chi connectivity index (χ0n) is 18.6. The maximum Gasteiger partial charge on any atom is 0.242 e. The number of aromatic nitrogens is 2. The first-order valence-electron chi connectivity index (χ1n) is 11.3. The van der Waals surface area contributed by atoms with Crippen molar-refractivity contribution in [3.05, 3.63) is 66.2 Å². The molecule has 3 heterocycles. The Hall–Kier alpha value is -3.49. The Balaban J connectivity index is 1.18. The number of hydrogen-bond donors (Lipinski definition) is 3. The number of rotatable bonds is 6. The number of amides is 1. The van der Waals surface area contributed by atoms with Crippen LogP contribution in [0, 0.1) is 0 Å². The number of ether oxygens (including phenoxy) is 1. The molecule has 0 aliphatic carbocycles. The van der Waals surface area contributed by atoms with E-state index >= 15 is 0 Å². The average molecular weight is 445 g/mol. The van der Waals surface area contributed by atoms with Gasteiger partial charge >= 0.3 is 0 Å². The van der Waals surface area contributed by atoms with Gasteiger partial charge in [0.1, 0.15) is 11.8 Å². The predicted molar refractivity (Wildman–Crippen MR) is 128 cm³/mol. The molecule has 8 nitrogen and oxygen atoms in total. The van der Waals surface area contributed by atoms with Gasteiger partial charge in [-0.25, -0.2) is 10.9 Å². The minimum Gasteiger partial charge on any atom is -0.497 e. The summed E-state index contributed by atoms with van der Waals surface area (Å²) < 4.78 is 5.30. The summed E-state index contributed by atoms with van der Waals surface area (Å²) in [5, 5.41) is 11.8. The Morgan fingerprint density at radius 1 is 1.03 bits per heavy atom. The first kappa shape index (κ1) is 21.4. The van der Waals surface area contributed by atoms with E-state index in [1.54, 1.807) is 7.11 Å². The summed E-state index contributed by atoms with van der Waals surface area (Å²) in [6, 6.07) is 19.3. The van der Waals surface area contributed by atoms with E-state index in [4.69, 9.17) is 4.74 Å². The van der Waals surface area contributed by atoms with Crippen LogP contribution in [0.5, 0.6) is 5.75 Å². The molecule has 0 bridgehead atoms. The summed E-state index contributed by atoms with van der Waals surface area (Å²) in [7, 11) is 1.65. The van der Waals surface area contributed by atoms with Gasteiger partial charge in [-0.2, -0.15) is 0 Å². The first-order chi connectivity index (χ1) is 16.2. The van der Waals surface area contributed by atoms with E-state index in [0.29, 0.717) is 6.42 Å². The number of carbonyl (C=O) groups is 1. The van der Waals surface area contributed by atoms with Crippen LogP contribution in [-0.4, -0.2) is 42.3 Å². The summed E-state index contributed by atoms with van der Waals surface area (Å²) >= 11 is 0. The van der Waals surface area contributed by atoms with Crippen LogP contribution in [0.3, 0.4) is 0 Å². The van der Waals surface area contributed by atoms with Gasteiger partial charge in [0.05, 0.1) is 12.8 Å². The molecule has 33 heavy (non-hydrogen) atoms. The zero-order chi connectivity index (χ0) is 22.6. The smallest absolute Gasteiger partial charge is 0.242 e. The Morgan fingerprint density at radius 2 is 1.85 bits per heavy atom. The van der Waals surface area contributed by atoms with Gasteiger partial charge < -0.3 is 15.0 Å². The van der Waals surface area contributed by atoms with Crippen LogP contribution in [0.25, 0.3) is 11.3 Å². The highest BCUT2D eigenvalue weighted by Gasteiger charge is 2.30. The van der Waals surface area contributed by atoms with Gasteiger partial charge in [0.2, 0.25) is 5.91 Å². The lowest BCUT2D eigenvalue weighted by Gasteiger charge is -2.15. The zero-order valence-corrected chi connectivity index (χ0v) is 18.6. The SMILES string of the molecule is COc1cccc(C2CC(C(=O)Nc3ccc(-c4ccc(N5CCCC5)nn4)cc3)NN2)c1. The molecule has 2 saturated heterocycles. The third-order valence-corrected chi connectivity index (χ3v) is 6.24. The van der Waals surface area contributed by atoms with Crippen molar-refractivity contribution in [1.29, 1.82) is 0 Å². The van der Waals surface area contributed by atoms with E-state index in [1.165, 1.54) is 12.8 Å². The lowest BCUT2D eigenvalue weighted by Crippen LogP contribution is -2.39. The van der Waals surface area contributed by atoms with Gasteiger partial charge in [-0.1, -0.05) is 24.3 Å². The maximum absolute atomic E-state index is 12.8. The van der Waals surface area contributed by atoms with E-state index in [9.17, 15) is 4.79 Å². The summed E-state index contributed by atoms with van der Waals surface area (Å²) in [4.78, 5) is 15.0. The summed E-state index contributed by atoms with van der Waals surface area (Å²) in [6.07, 6.45) is 3.07. The Kier molecular flexibility index (Phi) is 6.19. The largest absolute Gasteiger partial charge is 0.497 e. The van der Waals surface area contributed by atoms with Crippen molar-refractivity contribution in [2.24, 2.45) is 0 Å². The standard InChI is InChI=1S/C25H28N6O2/c1-33-20-6-4-5-18(15-20)22-16-23(29-28-22)25(32)26-19-9-7-17(8-10-19)21-11-12-24(30-27-21)31-13-2-3-14-31/h4-12,15,22-23,28-29H,2-3,13-14,16H2,1H3,(H,26,32). The molecule has 3 aromatic rings. The molecule has 3 N–H and O–H groups in total. The van der Waals surface area contributed by atoms with Crippen molar-refractivity contribution in [3.63, 3.8) is 0 Å². The molecule has 2 unspecified atom stereocenters. The Labute approximate surface area is 193 Å². The van der Waals surface area contributed by atoms with Crippen molar-refractivity contribution in [1.82, 2.24) is 21.0 Å². The molecule has 0 spiro atoms. The summed E-state index contributed by atoms with van der Waals surface area (Å²) in [5.41, 5.74) is 9.93. The van der Waals surface area contributed by atoms with Crippen LogP contribution in [0.4, 0.5) is 11.5 Å². The second-order valence-corrected chi connectivity index (χ2v) is 8.44. The normalized spacial score (nSPS) is 20.1. The molecule has 8 heteroatoms. The number of nitrogens with one attached hydrogen (secondary N) is 3. The average Bonchev–Trinajstić information content (AvgIpc) is 3.58. The van der Waals surface area contributed by atoms with Crippen LogP contribution in [-0.2, 0) is 4.79 Å². The van der Waals surface area contributed by atoms with Crippen LogP contribution in [0.15, 0.2) is 60.7 Å². The second-order valence-electron chi connectivity index (χ2n) is 8.44. The quantitative estimate of drug-likeness (QED) is 0.537. The lowest BCUT2D eigenvalue weighted by atomic mass is 10.0. The van der Waals surface area contributed by atoms with Crippen molar-refractivity contribution >= 4 is 17.4 Å². The Bertz CT molecular complexity index is 1100. The number of hydrazine groups is 1. The number of methoxy groups -OCH3 is 1. The number of nitrogens with zero attached hydrogens (tertiary/aromatic N) is 3. The fourth-order valence-electron chi connectivity index (χ4n) is 4.35. The van der Waals surface area contributed by atoms with Gasteiger partial charge in [-0.3, -0.25) is 4.79 Å². The minimum atomic E-state index is -0.329. The van der Waals surface area contributed by atoms with E-state index in [2.05, 4.69) is 31.3 Å². The van der Waals surface area contributed by atoms with Crippen LogP contribution in [0.1, 0.15) is 30.9 Å². The van der Waals surface area contributed by atoms with Crippen molar-refractivity contribution in [2.75, 3.05) is 30.4 Å². The molecule has 2 aliphatic heterocycles. The predicted octanol–water partition coefficient (Wildman–Crippen LogP) is 3.30. The molecule has 5 rings (SSSR count). The fraction of sp³-hybridized carbons (Fsp3) is 0.320. The lowest BCUT2D eigenvalue weighted by molar-refractivity contribution is -0.117. The van der Waals surface area contributed by atoms with Gasteiger partial charge in [-0.05, 0) is 61.2 Å². The number of carbonyl (C=O) groups excluding carboxylic acids is 1. The van der Waals surface area contributed by atoms with Gasteiger partial charge in [-0.15, -0.1) is 10.2 Å². The van der Waals surface area contributed by atoms with Crippen LogP contribution < -0.4 is 25.8 Å². The van der Waals surface area contributed by atoms with E-state index in [-0.39, 0.29) is 18.0 Å². The summed E-state index contributed by atoms with van der Waals surface area (Å²) in [5.74, 6) is 1.66. The van der Waals surface area contributed by atoms with Crippen molar-refractivity contribution in [3.8, 4) is 17.0 Å². The second kappa shape index (κ2) is 9.56. The number of anilines is 2. The van der Waals surface area contributed by atoms with Crippen molar-refractivity contribution < 1.29 is 9.53 Å². The first-order valence-corrected chi connectivity index (χ1v) is 11.3. The topological polar surface area (TPSA) is 91.4 Å². The molecule has 0 radical (unpaired) electrons. The van der Waals surface area contributed by atoms with E-state index in [1.807, 2.05) is 60.7 Å². The summed E-state index contributed by atoms with van der Waals surface area (Å²) in [6.45, 7) is 2.10. The van der Waals surface area contributed by atoms with Gasteiger partial charge in [0.15, 0.2) is 5.82 Å². The number of hydrogen-bond acceptors (Lipinski definition) is 7.